The minimum Gasteiger partial charge on any atom is -0.457 e. The fourth-order valence-electron chi connectivity index (χ4n) is 2.55. The number of aromatic nitrogens is 1. The molecule has 0 amide bonds. The summed E-state index contributed by atoms with van der Waals surface area (Å²) < 4.78 is 6.76. The Labute approximate surface area is 144 Å². The number of nitrogens with zero attached hydrogens (tertiary/aromatic N) is 1. The molecule has 2 aromatic carbocycles. The molecule has 0 bridgehead atoms. The smallest absolute Gasteiger partial charge is 0.190 e. The van der Waals surface area contributed by atoms with Gasteiger partial charge in [-0.1, -0.05) is 23.7 Å². The standard InChI is InChI=1S/C19H16ClNO3/c1-12-11-18(22)19(13(2)21(12)23)14-3-7-16(8-4-14)24-17-9-5-15(20)6-10-17/h3-11,23H,1-2H3. The number of hydrogen-bond acceptors (Lipinski definition) is 3. The topological polar surface area (TPSA) is 51.5 Å². The van der Waals surface area contributed by atoms with Gasteiger partial charge in [-0.15, -0.1) is 0 Å². The molecule has 0 atom stereocenters. The molecule has 24 heavy (non-hydrogen) atoms. The van der Waals surface area contributed by atoms with E-state index in [1.807, 2.05) is 0 Å². The van der Waals surface area contributed by atoms with Crippen LogP contribution in [-0.4, -0.2) is 9.94 Å². The zero-order valence-corrected chi connectivity index (χ0v) is 14.0. The minimum atomic E-state index is -0.123. The van der Waals surface area contributed by atoms with Crippen molar-refractivity contribution in [3.63, 3.8) is 0 Å². The Kier molecular flexibility index (Phi) is 4.32. The molecular weight excluding hydrogens is 326 g/mol. The van der Waals surface area contributed by atoms with Crippen LogP contribution in [0.25, 0.3) is 11.1 Å². The molecule has 1 heterocycles. The third kappa shape index (κ3) is 3.14. The number of pyridine rings is 1. The van der Waals surface area contributed by atoms with Crippen LogP contribution in [0.3, 0.4) is 0 Å². The fraction of sp³-hybridized carbons (Fsp3) is 0.105. The van der Waals surface area contributed by atoms with Crippen molar-refractivity contribution >= 4 is 11.6 Å². The molecule has 122 valence electrons. The highest BCUT2D eigenvalue weighted by Crippen LogP contribution is 2.26. The van der Waals surface area contributed by atoms with Crippen LogP contribution in [0.1, 0.15) is 11.4 Å². The van der Waals surface area contributed by atoms with Crippen LogP contribution in [0.5, 0.6) is 11.5 Å². The van der Waals surface area contributed by atoms with E-state index in [0.29, 0.717) is 33.5 Å². The molecule has 0 saturated heterocycles. The lowest BCUT2D eigenvalue weighted by atomic mass is 10.0. The molecule has 0 saturated carbocycles. The minimum absolute atomic E-state index is 0.123. The van der Waals surface area contributed by atoms with Crippen LogP contribution in [0.15, 0.2) is 59.4 Å². The van der Waals surface area contributed by atoms with Gasteiger partial charge in [0, 0.05) is 11.1 Å². The van der Waals surface area contributed by atoms with E-state index in [1.165, 1.54) is 6.07 Å². The van der Waals surface area contributed by atoms with Gasteiger partial charge in [-0.3, -0.25) is 4.79 Å². The number of ether oxygens (including phenoxy) is 1. The van der Waals surface area contributed by atoms with Gasteiger partial charge in [-0.25, -0.2) is 0 Å². The van der Waals surface area contributed by atoms with Crippen LogP contribution in [-0.2, 0) is 0 Å². The molecule has 4 nitrogen and oxygen atoms in total. The van der Waals surface area contributed by atoms with E-state index < -0.39 is 0 Å². The van der Waals surface area contributed by atoms with Crippen LogP contribution in [0.2, 0.25) is 5.02 Å². The summed E-state index contributed by atoms with van der Waals surface area (Å²) in [5.41, 5.74) is 2.09. The molecule has 1 aromatic heterocycles. The molecular formula is C19H16ClNO3. The second-order valence-corrected chi connectivity index (χ2v) is 5.94. The van der Waals surface area contributed by atoms with Gasteiger partial charge in [0.2, 0.25) is 0 Å². The molecule has 0 fully saturated rings. The first-order valence-electron chi connectivity index (χ1n) is 7.42. The first-order chi connectivity index (χ1) is 11.5. The van der Waals surface area contributed by atoms with Crippen LogP contribution in [0.4, 0.5) is 0 Å². The summed E-state index contributed by atoms with van der Waals surface area (Å²) in [6, 6.07) is 15.6. The molecule has 5 heteroatoms. The van der Waals surface area contributed by atoms with Gasteiger partial charge in [0.05, 0.1) is 17.0 Å². The van der Waals surface area contributed by atoms with Crippen molar-refractivity contribution in [2.24, 2.45) is 0 Å². The maximum atomic E-state index is 12.3. The van der Waals surface area contributed by atoms with Crippen molar-refractivity contribution in [3.8, 4) is 22.6 Å². The predicted molar refractivity (Wildman–Crippen MR) is 94.3 cm³/mol. The summed E-state index contributed by atoms with van der Waals surface area (Å²) in [6.07, 6.45) is 0. The van der Waals surface area contributed by atoms with Gasteiger partial charge in [-0.05, 0) is 55.8 Å². The maximum absolute atomic E-state index is 12.3. The van der Waals surface area contributed by atoms with Crippen LogP contribution < -0.4 is 10.2 Å². The number of aryl methyl sites for hydroxylation is 1. The average molecular weight is 342 g/mol. The van der Waals surface area contributed by atoms with E-state index in [2.05, 4.69) is 0 Å². The van der Waals surface area contributed by atoms with Crippen LogP contribution in [0, 0.1) is 13.8 Å². The van der Waals surface area contributed by atoms with Crippen molar-refractivity contribution in [3.05, 3.63) is 81.2 Å². The summed E-state index contributed by atoms with van der Waals surface area (Å²) in [7, 11) is 0. The SMILES string of the molecule is Cc1cc(=O)c(-c2ccc(Oc3ccc(Cl)cc3)cc2)c(C)n1O. The van der Waals surface area contributed by atoms with Crippen molar-refractivity contribution in [1.82, 2.24) is 4.73 Å². The zero-order chi connectivity index (χ0) is 17.3. The lowest BCUT2D eigenvalue weighted by Gasteiger charge is -2.12. The molecule has 0 spiro atoms. The molecule has 0 radical (unpaired) electrons. The summed E-state index contributed by atoms with van der Waals surface area (Å²) in [5, 5.41) is 10.6. The Bertz CT molecular complexity index is 929. The van der Waals surface area contributed by atoms with E-state index in [4.69, 9.17) is 16.3 Å². The van der Waals surface area contributed by atoms with Crippen molar-refractivity contribution < 1.29 is 9.94 Å². The van der Waals surface area contributed by atoms with Crippen molar-refractivity contribution in [2.45, 2.75) is 13.8 Å². The maximum Gasteiger partial charge on any atom is 0.190 e. The molecule has 0 unspecified atom stereocenters. The Hall–Kier alpha value is -2.72. The first kappa shape index (κ1) is 16.1. The molecule has 0 aliphatic carbocycles. The largest absolute Gasteiger partial charge is 0.457 e. The molecule has 3 aromatic rings. The second-order valence-electron chi connectivity index (χ2n) is 5.50. The van der Waals surface area contributed by atoms with E-state index in [1.54, 1.807) is 62.4 Å². The molecule has 0 aliphatic rings. The third-order valence-electron chi connectivity index (χ3n) is 3.79. The predicted octanol–water partition coefficient (Wildman–Crippen LogP) is 4.82. The Morgan fingerprint density at radius 3 is 2.08 bits per heavy atom. The highest BCUT2D eigenvalue weighted by molar-refractivity contribution is 6.30. The van der Waals surface area contributed by atoms with E-state index in [-0.39, 0.29) is 5.43 Å². The summed E-state index contributed by atoms with van der Waals surface area (Å²) in [6.45, 7) is 3.39. The van der Waals surface area contributed by atoms with Crippen LogP contribution >= 0.6 is 11.6 Å². The van der Waals surface area contributed by atoms with E-state index in [0.717, 1.165) is 10.3 Å². The summed E-state index contributed by atoms with van der Waals surface area (Å²) in [5.74, 6) is 1.33. The summed E-state index contributed by atoms with van der Waals surface area (Å²) in [4.78, 5) is 12.3. The lowest BCUT2D eigenvalue weighted by molar-refractivity contribution is 0.171. The molecule has 3 rings (SSSR count). The van der Waals surface area contributed by atoms with Gasteiger partial charge in [-0.2, -0.15) is 4.73 Å². The Balaban J connectivity index is 1.92. The zero-order valence-electron chi connectivity index (χ0n) is 13.3. The van der Waals surface area contributed by atoms with E-state index >= 15 is 0 Å². The van der Waals surface area contributed by atoms with Gasteiger partial charge >= 0.3 is 0 Å². The number of benzene rings is 2. The van der Waals surface area contributed by atoms with Crippen molar-refractivity contribution in [2.75, 3.05) is 0 Å². The Morgan fingerprint density at radius 1 is 0.958 bits per heavy atom. The average Bonchev–Trinajstić information content (AvgIpc) is 2.56. The normalized spacial score (nSPS) is 10.6. The van der Waals surface area contributed by atoms with Gasteiger partial charge < -0.3 is 9.94 Å². The monoisotopic (exact) mass is 341 g/mol. The molecule has 0 aliphatic heterocycles. The number of rotatable bonds is 3. The Morgan fingerprint density at radius 2 is 1.50 bits per heavy atom. The van der Waals surface area contributed by atoms with Gasteiger partial charge in [0.25, 0.3) is 0 Å². The van der Waals surface area contributed by atoms with E-state index in [9.17, 15) is 10.0 Å². The molecule has 1 N–H and O–H groups in total. The first-order valence-corrected chi connectivity index (χ1v) is 7.80. The highest BCUT2D eigenvalue weighted by Gasteiger charge is 2.12. The third-order valence-corrected chi connectivity index (χ3v) is 4.04. The second kappa shape index (κ2) is 6.42. The fourth-order valence-corrected chi connectivity index (χ4v) is 2.68. The summed E-state index contributed by atoms with van der Waals surface area (Å²) >= 11 is 5.85. The van der Waals surface area contributed by atoms with Gasteiger partial charge in [0.15, 0.2) is 5.43 Å². The van der Waals surface area contributed by atoms with Gasteiger partial charge in [0.1, 0.15) is 11.5 Å². The highest BCUT2D eigenvalue weighted by atomic mass is 35.5. The number of hydrogen-bond donors (Lipinski definition) is 1. The number of halogens is 1. The van der Waals surface area contributed by atoms with Crippen molar-refractivity contribution in [1.29, 1.82) is 0 Å². The quantitative estimate of drug-likeness (QED) is 0.695. The lowest BCUT2D eigenvalue weighted by Crippen LogP contribution is -2.15.